The second kappa shape index (κ2) is 5.70. The van der Waals surface area contributed by atoms with E-state index in [1.165, 1.54) is 0 Å². The van der Waals surface area contributed by atoms with Gasteiger partial charge in [0.1, 0.15) is 6.04 Å². The molecule has 0 radical (unpaired) electrons. The zero-order chi connectivity index (χ0) is 11.3. The smallest absolute Gasteiger partial charge is 0.244 e. The van der Waals surface area contributed by atoms with Crippen molar-refractivity contribution >= 4 is 11.8 Å². The van der Waals surface area contributed by atoms with E-state index in [2.05, 4.69) is 10.6 Å². The van der Waals surface area contributed by atoms with Crippen LogP contribution in [0.4, 0.5) is 0 Å². The van der Waals surface area contributed by atoms with Crippen molar-refractivity contribution in [1.82, 2.24) is 15.5 Å². The summed E-state index contributed by atoms with van der Waals surface area (Å²) >= 11 is 0. The molecule has 86 valence electrons. The molecule has 1 aliphatic heterocycles. The molecule has 15 heavy (non-hydrogen) atoms. The number of carbonyl (C=O) groups excluding carboxylic acids is 2. The first-order chi connectivity index (χ1) is 7.15. The van der Waals surface area contributed by atoms with E-state index in [1.54, 1.807) is 11.9 Å². The molecule has 1 atom stereocenters. The summed E-state index contributed by atoms with van der Waals surface area (Å²) in [7, 11) is 3.61. The Morgan fingerprint density at radius 1 is 1.60 bits per heavy atom. The Morgan fingerprint density at radius 3 is 2.87 bits per heavy atom. The van der Waals surface area contributed by atoms with Gasteiger partial charge in [-0.3, -0.25) is 9.59 Å². The Hall–Kier alpha value is -1.10. The third kappa shape index (κ3) is 3.51. The predicted octanol–water partition coefficient (Wildman–Crippen LogP) is -0.667. The summed E-state index contributed by atoms with van der Waals surface area (Å²) in [6, 6.07) is -0.294. The van der Waals surface area contributed by atoms with E-state index in [-0.39, 0.29) is 17.9 Å². The van der Waals surface area contributed by atoms with Crippen molar-refractivity contribution in [1.29, 1.82) is 0 Å². The third-order valence-corrected chi connectivity index (χ3v) is 2.59. The third-order valence-electron chi connectivity index (χ3n) is 2.59. The van der Waals surface area contributed by atoms with Crippen molar-refractivity contribution in [2.45, 2.75) is 25.3 Å². The van der Waals surface area contributed by atoms with Crippen molar-refractivity contribution in [3.05, 3.63) is 0 Å². The standard InChI is InChI=1S/C10H19N3O2/c1-11-6-3-4-9(14)12-8-5-7-13(2)10(8)15/h8,11H,3-7H2,1-2H3,(H,12,14). The molecular weight excluding hydrogens is 194 g/mol. The highest BCUT2D eigenvalue weighted by Gasteiger charge is 2.29. The van der Waals surface area contributed by atoms with E-state index in [0.717, 1.165) is 25.9 Å². The summed E-state index contributed by atoms with van der Waals surface area (Å²) in [5.74, 6) is -0.00383. The number of hydrogen-bond acceptors (Lipinski definition) is 3. The number of rotatable bonds is 5. The average molecular weight is 213 g/mol. The molecule has 0 aromatic carbocycles. The van der Waals surface area contributed by atoms with Gasteiger partial charge in [0.05, 0.1) is 0 Å². The van der Waals surface area contributed by atoms with Crippen molar-refractivity contribution in [3.63, 3.8) is 0 Å². The van der Waals surface area contributed by atoms with Gasteiger partial charge >= 0.3 is 0 Å². The molecule has 5 nitrogen and oxygen atoms in total. The molecule has 1 heterocycles. The van der Waals surface area contributed by atoms with Crippen LogP contribution in [0.3, 0.4) is 0 Å². The van der Waals surface area contributed by atoms with Gasteiger partial charge in [-0.05, 0) is 26.4 Å². The van der Waals surface area contributed by atoms with Gasteiger partial charge in [-0.25, -0.2) is 0 Å². The maximum Gasteiger partial charge on any atom is 0.244 e. The molecule has 1 unspecified atom stereocenters. The second-order valence-corrected chi connectivity index (χ2v) is 3.88. The summed E-state index contributed by atoms with van der Waals surface area (Å²) in [5, 5.41) is 5.74. The van der Waals surface area contributed by atoms with Gasteiger partial charge in [-0.1, -0.05) is 0 Å². The fraction of sp³-hybridized carbons (Fsp3) is 0.800. The SMILES string of the molecule is CNCCCC(=O)NC1CCN(C)C1=O. The van der Waals surface area contributed by atoms with Crippen LogP contribution in [-0.4, -0.2) is 49.9 Å². The van der Waals surface area contributed by atoms with Crippen LogP contribution in [0.5, 0.6) is 0 Å². The van der Waals surface area contributed by atoms with Crippen LogP contribution >= 0.6 is 0 Å². The first-order valence-corrected chi connectivity index (χ1v) is 5.34. The highest BCUT2D eigenvalue weighted by molar-refractivity contribution is 5.88. The van der Waals surface area contributed by atoms with Crippen LogP contribution in [0, 0.1) is 0 Å². The van der Waals surface area contributed by atoms with E-state index < -0.39 is 0 Å². The number of hydrogen-bond donors (Lipinski definition) is 2. The summed E-state index contributed by atoms with van der Waals surface area (Å²) in [6.45, 7) is 1.56. The van der Waals surface area contributed by atoms with Gasteiger partial charge in [0.25, 0.3) is 0 Å². The molecule has 1 fully saturated rings. The molecule has 0 aromatic rings. The molecule has 1 rings (SSSR count). The molecular formula is C10H19N3O2. The largest absolute Gasteiger partial charge is 0.344 e. The summed E-state index contributed by atoms with van der Waals surface area (Å²) in [4.78, 5) is 24.5. The van der Waals surface area contributed by atoms with Crippen molar-refractivity contribution in [3.8, 4) is 0 Å². The fourth-order valence-electron chi connectivity index (χ4n) is 1.65. The minimum atomic E-state index is -0.294. The first kappa shape index (κ1) is 12.0. The number of amides is 2. The van der Waals surface area contributed by atoms with E-state index in [4.69, 9.17) is 0 Å². The first-order valence-electron chi connectivity index (χ1n) is 5.34. The van der Waals surface area contributed by atoms with E-state index in [0.29, 0.717) is 6.42 Å². The van der Waals surface area contributed by atoms with E-state index in [9.17, 15) is 9.59 Å². The van der Waals surface area contributed by atoms with Gasteiger partial charge in [-0.2, -0.15) is 0 Å². The lowest BCUT2D eigenvalue weighted by Crippen LogP contribution is -2.40. The number of likely N-dealkylation sites (N-methyl/N-ethyl adjacent to an activating group) is 1. The van der Waals surface area contributed by atoms with Gasteiger partial charge in [0, 0.05) is 20.0 Å². The van der Waals surface area contributed by atoms with Gasteiger partial charge in [-0.15, -0.1) is 0 Å². The number of likely N-dealkylation sites (tertiary alicyclic amines) is 1. The molecule has 1 aliphatic rings. The summed E-state index contributed by atoms with van der Waals surface area (Å²) in [5.41, 5.74) is 0. The van der Waals surface area contributed by atoms with Gasteiger partial charge in [0.2, 0.25) is 11.8 Å². The second-order valence-electron chi connectivity index (χ2n) is 3.88. The summed E-state index contributed by atoms with van der Waals surface area (Å²) in [6.07, 6.45) is 2.01. The minimum absolute atomic E-state index is 0.0250. The average Bonchev–Trinajstić information content (AvgIpc) is 2.50. The Labute approximate surface area is 90.2 Å². The lowest BCUT2D eigenvalue weighted by atomic mass is 10.2. The quantitative estimate of drug-likeness (QED) is 0.596. The highest BCUT2D eigenvalue weighted by atomic mass is 16.2. The molecule has 0 saturated carbocycles. The molecule has 5 heteroatoms. The minimum Gasteiger partial charge on any atom is -0.344 e. The van der Waals surface area contributed by atoms with E-state index in [1.807, 2.05) is 7.05 Å². The maximum absolute atomic E-state index is 11.5. The van der Waals surface area contributed by atoms with Crippen LogP contribution < -0.4 is 10.6 Å². The van der Waals surface area contributed by atoms with Crippen LogP contribution in [0.15, 0.2) is 0 Å². The Balaban J connectivity index is 2.23. The van der Waals surface area contributed by atoms with Crippen LogP contribution in [0.2, 0.25) is 0 Å². The summed E-state index contributed by atoms with van der Waals surface area (Å²) < 4.78 is 0. The maximum atomic E-state index is 11.5. The lowest BCUT2D eigenvalue weighted by Gasteiger charge is -2.11. The number of nitrogens with one attached hydrogen (secondary N) is 2. The zero-order valence-corrected chi connectivity index (χ0v) is 9.38. The van der Waals surface area contributed by atoms with Crippen molar-refractivity contribution < 1.29 is 9.59 Å². The lowest BCUT2D eigenvalue weighted by molar-refractivity contribution is -0.131. The number of carbonyl (C=O) groups is 2. The van der Waals surface area contributed by atoms with Crippen LogP contribution in [-0.2, 0) is 9.59 Å². The Morgan fingerprint density at radius 2 is 2.33 bits per heavy atom. The van der Waals surface area contributed by atoms with Crippen molar-refractivity contribution in [2.24, 2.45) is 0 Å². The number of nitrogens with zero attached hydrogens (tertiary/aromatic N) is 1. The molecule has 0 spiro atoms. The Kier molecular flexibility index (Phi) is 4.55. The zero-order valence-electron chi connectivity index (χ0n) is 9.38. The van der Waals surface area contributed by atoms with E-state index >= 15 is 0 Å². The van der Waals surface area contributed by atoms with Crippen LogP contribution in [0.1, 0.15) is 19.3 Å². The molecule has 0 aromatic heterocycles. The van der Waals surface area contributed by atoms with Crippen LogP contribution in [0.25, 0.3) is 0 Å². The molecule has 0 aliphatic carbocycles. The van der Waals surface area contributed by atoms with Gasteiger partial charge < -0.3 is 15.5 Å². The monoisotopic (exact) mass is 213 g/mol. The highest BCUT2D eigenvalue weighted by Crippen LogP contribution is 2.08. The normalized spacial score (nSPS) is 20.8. The molecule has 1 saturated heterocycles. The Bertz CT molecular complexity index is 243. The topological polar surface area (TPSA) is 61.4 Å². The molecule has 2 N–H and O–H groups in total. The predicted molar refractivity (Wildman–Crippen MR) is 57.3 cm³/mol. The molecule has 2 amide bonds. The van der Waals surface area contributed by atoms with Crippen molar-refractivity contribution in [2.75, 3.05) is 27.2 Å². The fourth-order valence-corrected chi connectivity index (χ4v) is 1.65. The molecule has 0 bridgehead atoms. The van der Waals surface area contributed by atoms with Gasteiger partial charge in [0.15, 0.2) is 0 Å².